The maximum atomic E-state index is 5.57. The van der Waals surface area contributed by atoms with Crippen molar-refractivity contribution in [2.75, 3.05) is 6.61 Å². The lowest BCUT2D eigenvalue weighted by molar-refractivity contribution is 0.0346. The van der Waals surface area contributed by atoms with Gasteiger partial charge in [-0.1, -0.05) is 19.8 Å². The van der Waals surface area contributed by atoms with Crippen molar-refractivity contribution in [2.45, 2.75) is 51.6 Å². The minimum absolute atomic E-state index is 0.482. The zero-order valence-electron chi connectivity index (χ0n) is 7.51. The van der Waals surface area contributed by atoms with Gasteiger partial charge in [-0.25, -0.2) is 0 Å². The molecule has 0 saturated carbocycles. The fourth-order valence-electron chi connectivity index (χ4n) is 1.46. The van der Waals surface area contributed by atoms with Crippen molar-refractivity contribution >= 4 is 0 Å². The molecule has 1 aliphatic rings. The molecule has 1 atom stereocenters. The Hall–Kier alpha value is -0.0400. The Morgan fingerprint density at radius 2 is 2.36 bits per heavy atom. The smallest absolute Gasteiger partial charge is 0.0606 e. The first-order chi connectivity index (χ1) is 5.43. The molecule has 1 radical (unpaired) electrons. The summed E-state index contributed by atoms with van der Waals surface area (Å²) in [4.78, 5) is 0. The van der Waals surface area contributed by atoms with Gasteiger partial charge in [0.2, 0.25) is 0 Å². The van der Waals surface area contributed by atoms with Crippen molar-refractivity contribution in [1.29, 1.82) is 0 Å². The maximum absolute atomic E-state index is 5.57. The minimum Gasteiger partial charge on any atom is -0.378 e. The van der Waals surface area contributed by atoms with Gasteiger partial charge in [0.15, 0.2) is 0 Å². The molecule has 0 aromatic carbocycles. The van der Waals surface area contributed by atoms with Gasteiger partial charge in [-0.3, -0.25) is 0 Å². The summed E-state index contributed by atoms with van der Waals surface area (Å²) < 4.78 is 5.57. The Morgan fingerprint density at radius 1 is 1.45 bits per heavy atom. The number of hydrogen-bond acceptors (Lipinski definition) is 1. The van der Waals surface area contributed by atoms with Crippen LogP contribution < -0.4 is 0 Å². The Balaban J connectivity index is 1.96. The molecule has 1 heteroatoms. The van der Waals surface area contributed by atoms with E-state index in [1.165, 1.54) is 38.5 Å². The molecule has 1 unspecified atom stereocenters. The highest BCUT2D eigenvalue weighted by molar-refractivity contribution is 4.78. The molecule has 0 spiro atoms. The molecule has 11 heavy (non-hydrogen) atoms. The number of ether oxygens (including phenoxy) is 1. The first kappa shape index (κ1) is 9.05. The predicted molar refractivity (Wildman–Crippen MR) is 47.4 cm³/mol. The molecule has 1 nitrogen and oxygen atoms in total. The summed E-state index contributed by atoms with van der Waals surface area (Å²) in [5, 5.41) is 0. The second-order valence-corrected chi connectivity index (χ2v) is 3.28. The molecular weight excluding hydrogens is 136 g/mol. The van der Waals surface area contributed by atoms with E-state index in [0.717, 1.165) is 6.61 Å². The molecule has 1 fully saturated rings. The van der Waals surface area contributed by atoms with Crippen molar-refractivity contribution < 1.29 is 4.74 Å². The van der Waals surface area contributed by atoms with Gasteiger partial charge >= 0.3 is 0 Å². The number of rotatable bonds is 4. The summed E-state index contributed by atoms with van der Waals surface area (Å²) in [5.41, 5.74) is 0. The Kier molecular flexibility index (Phi) is 4.60. The van der Waals surface area contributed by atoms with E-state index in [1.807, 2.05) is 0 Å². The van der Waals surface area contributed by atoms with Crippen LogP contribution in [-0.4, -0.2) is 12.7 Å². The molecule has 1 aliphatic heterocycles. The highest BCUT2D eigenvalue weighted by atomic mass is 16.5. The van der Waals surface area contributed by atoms with E-state index in [4.69, 9.17) is 4.74 Å². The molecule has 0 bridgehead atoms. The summed E-state index contributed by atoms with van der Waals surface area (Å²) in [5.74, 6) is 0. The van der Waals surface area contributed by atoms with Gasteiger partial charge in [-0.2, -0.15) is 0 Å². The molecule has 0 amide bonds. The zero-order chi connectivity index (χ0) is 7.94. The van der Waals surface area contributed by atoms with Crippen LogP contribution in [0.2, 0.25) is 0 Å². The van der Waals surface area contributed by atoms with E-state index in [0.29, 0.717) is 6.10 Å². The lowest BCUT2D eigenvalue weighted by atomic mass is 10.0. The Bertz CT molecular complexity index is 84.9. The van der Waals surface area contributed by atoms with Crippen LogP contribution in [0, 0.1) is 6.42 Å². The Morgan fingerprint density at radius 3 is 3.00 bits per heavy atom. The lowest BCUT2D eigenvalue weighted by Gasteiger charge is -2.21. The fourth-order valence-corrected chi connectivity index (χ4v) is 1.46. The van der Waals surface area contributed by atoms with Crippen LogP contribution in [0.1, 0.15) is 45.4 Å². The zero-order valence-corrected chi connectivity index (χ0v) is 7.51. The van der Waals surface area contributed by atoms with Crippen LogP contribution in [0.25, 0.3) is 0 Å². The van der Waals surface area contributed by atoms with E-state index in [1.54, 1.807) is 0 Å². The van der Waals surface area contributed by atoms with E-state index in [9.17, 15) is 0 Å². The third-order valence-corrected chi connectivity index (χ3v) is 2.20. The third kappa shape index (κ3) is 3.76. The van der Waals surface area contributed by atoms with Crippen molar-refractivity contribution in [2.24, 2.45) is 0 Å². The second-order valence-electron chi connectivity index (χ2n) is 3.28. The molecule has 0 aromatic rings. The average Bonchev–Trinajstić information content (AvgIpc) is 2.07. The monoisotopic (exact) mass is 155 g/mol. The lowest BCUT2D eigenvalue weighted by Crippen LogP contribution is -2.19. The van der Waals surface area contributed by atoms with Crippen molar-refractivity contribution in [3.05, 3.63) is 6.42 Å². The molecule has 0 N–H and O–H groups in total. The van der Waals surface area contributed by atoms with Gasteiger partial charge in [0.05, 0.1) is 6.10 Å². The van der Waals surface area contributed by atoms with Crippen LogP contribution in [-0.2, 0) is 4.74 Å². The summed E-state index contributed by atoms with van der Waals surface area (Å²) in [7, 11) is 0. The molecule has 1 saturated heterocycles. The molecule has 0 aliphatic carbocycles. The topological polar surface area (TPSA) is 9.23 Å². The first-order valence-electron chi connectivity index (χ1n) is 4.88. The quantitative estimate of drug-likeness (QED) is 0.567. The van der Waals surface area contributed by atoms with Crippen LogP contribution in [0.3, 0.4) is 0 Å². The average molecular weight is 155 g/mol. The molecule has 65 valence electrons. The van der Waals surface area contributed by atoms with Crippen molar-refractivity contribution in [1.82, 2.24) is 0 Å². The van der Waals surface area contributed by atoms with Gasteiger partial charge in [-0.05, 0) is 32.1 Å². The van der Waals surface area contributed by atoms with Gasteiger partial charge in [-0.15, -0.1) is 0 Å². The fraction of sp³-hybridized carbons (Fsp3) is 0.900. The van der Waals surface area contributed by atoms with E-state index in [-0.39, 0.29) is 0 Å². The molecule has 1 rings (SSSR count). The molecule has 0 aromatic heterocycles. The van der Waals surface area contributed by atoms with Gasteiger partial charge in [0.1, 0.15) is 0 Å². The third-order valence-electron chi connectivity index (χ3n) is 2.20. The van der Waals surface area contributed by atoms with E-state index < -0.39 is 0 Å². The van der Waals surface area contributed by atoms with Gasteiger partial charge < -0.3 is 4.74 Å². The molecule has 1 heterocycles. The highest BCUT2D eigenvalue weighted by Gasteiger charge is 2.12. The normalized spacial score (nSPS) is 25.4. The SMILES string of the molecule is CCCC[CH]C1CCCCO1. The summed E-state index contributed by atoms with van der Waals surface area (Å²) in [6, 6.07) is 0. The van der Waals surface area contributed by atoms with E-state index >= 15 is 0 Å². The highest BCUT2D eigenvalue weighted by Crippen LogP contribution is 2.17. The first-order valence-corrected chi connectivity index (χ1v) is 4.88. The van der Waals surface area contributed by atoms with Crippen LogP contribution in [0.5, 0.6) is 0 Å². The van der Waals surface area contributed by atoms with Crippen LogP contribution in [0.4, 0.5) is 0 Å². The van der Waals surface area contributed by atoms with Crippen LogP contribution >= 0.6 is 0 Å². The van der Waals surface area contributed by atoms with E-state index in [2.05, 4.69) is 13.3 Å². The van der Waals surface area contributed by atoms with Gasteiger partial charge in [0, 0.05) is 6.61 Å². The largest absolute Gasteiger partial charge is 0.378 e. The number of hydrogen-bond donors (Lipinski definition) is 0. The van der Waals surface area contributed by atoms with Crippen LogP contribution in [0.15, 0.2) is 0 Å². The summed E-state index contributed by atoms with van der Waals surface area (Å²) in [6.07, 6.45) is 10.6. The second kappa shape index (κ2) is 5.59. The van der Waals surface area contributed by atoms with Gasteiger partial charge in [0.25, 0.3) is 0 Å². The molecular formula is C10H19O. The van der Waals surface area contributed by atoms with Crippen molar-refractivity contribution in [3.8, 4) is 0 Å². The predicted octanol–water partition coefficient (Wildman–Crippen LogP) is 2.95. The standard InChI is InChI=1S/C10H19O/c1-2-3-4-7-10-8-5-6-9-11-10/h7,10H,2-6,8-9H2,1H3. The minimum atomic E-state index is 0.482. The van der Waals surface area contributed by atoms with Crippen molar-refractivity contribution in [3.63, 3.8) is 0 Å². The Labute approximate surface area is 70.1 Å². The summed E-state index contributed by atoms with van der Waals surface area (Å²) >= 11 is 0. The maximum Gasteiger partial charge on any atom is 0.0606 e. The number of unbranched alkanes of at least 4 members (excludes halogenated alkanes) is 2. The summed E-state index contributed by atoms with van der Waals surface area (Å²) in [6.45, 7) is 3.21.